The first-order chi connectivity index (χ1) is 35.1. The number of nitrogens with two attached hydrogens (primary N) is 1. The van der Waals surface area contributed by atoms with E-state index in [0.717, 1.165) is 83.1 Å². The summed E-state index contributed by atoms with van der Waals surface area (Å²) < 4.78 is 77.9. The summed E-state index contributed by atoms with van der Waals surface area (Å²) >= 11 is 0. The third-order valence-electron chi connectivity index (χ3n) is 13.5. The molecule has 2 saturated heterocycles. The molecule has 0 bridgehead atoms. The molecule has 4 aliphatic heterocycles. The number of carboxylic acid groups (broad SMARTS) is 1. The quantitative estimate of drug-likeness (QED) is 0.0554. The number of benzene rings is 6. The van der Waals surface area contributed by atoms with Crippen LogP contribution in [0.2, 0.25) is 0 Å². The van der Waals surface area contributed by atoms with Gasteiger partial charge in [-0.05, 0) is 120 Å². The van der Waals surface area contributed by atoms with Crippen LogP contribution in [0.25, 0.3) is 21.5 Å². The van der Waals surface area contributed by atoms with E-state index in [0.29, 0.717) is 49.2 Å². The van der Waals surface area contributed by atoms with Crippen LogP contribution in [-0.4, -0.2) is 127 Å². The summed E-state index contributed by atoms with van der Waals surface area (Å²) in [5, 5.41) is 36.2. The summed E-state index contributed by atoms with van der Waals surface area (Å²) in [5.74, 6) is -8.18. The lowest BCUT2D eigenvalue weighted by Crippen LogP contribution is -2.54. The molecule has 18 heteroatoms. The number of carboxylic acids is 1. The fourth-order valence-corrected chi connectivity index (χ4v) is 8.88. The number of ether oxygens (including phenoxy) is 4. The maximum absolute atomic E-state index is 15.0. The van der Waals surface area contributed by atoms with Crippen molar-refractivity contribution in [3.05, 3.63) is 144 Å². The number of fused-ring (bicyclic) bond motifs is 4. The molecule has 0 saturated carbocycles. The van der Waals surface area contributed by atoms with E-state index < -0.39 is 54.8 Å². The van der Waals surface area contributed by atoms with Crippen LogP contribution in [0.3, 0.4) is 0 Å². The largest absolute Gasteiger partial charge is 0.486 e. The van der Waals surface area contributed by atoms with Crippen molar-refractivity contribution in [2.24, 2.45) is 5.73 Å². The van der Waals surface area contributed by atoms with Crippen LogP contribution in [0.1, 0.15) is 60.1 Å². The normalized spacial score (nSPS) is 16.8. The van der Waals surface area contributed by atoms with Crippen molar-refractivity contribution in [2.75, 3.05) is 65.7 Å². The van der Waals surface area contributed by atoms with Gasteiger partial charge in [0.15, 0.2) is 23.0 Å². The average molecular weight is 1030 g/mol. The molecule has 13 nitrogen and oxygen atoms in total. The first-order valence-electron chi connectivity index (χ1n) is 24.7. The van der Waals surface area contributed by atoms with E-state index in [4.69, 9.17) is 29.8 Å². The smallest absolute Gasteiger partial charge is 0.374 e. The zero-order chi connectivity index (χ0) is 51.5. The standard InChI is InChI=1S/C28H30F2N2O4.C14H12F2O2.C14H20N2O3.FH/c29-28(30,11-10-19-6-7-20-4-1-2-5-21(20)16-19)27(34)31-23(18-32-12-3-13-32)26(33)22-8-9-24-25(17-22)36-15-14-35-24;15-14(16,13(17)18)8-7-10-5-6-11-3-1-2-4-12(11)9-10;15-11(9-16-4-1-5-16)14(17)10-2-3-12-13(8-10)19-7-6-18-12;/h1-2,4-9,16-17,23,26,33H,3,10-15,18H2,(H,31,34);1-6,9H,7-8H2,(H,17,18);2-3,8,11,14,17H,1,4-7,9,15H2;1H/t23-,26-;;11-,14-;/m1.1./s1. The van der Waals surface area contributed by atoms with Gasteiger partial charge in [-0.25, -0.2) is 4.79 Å². The van der Waals surface area contributed by atoms with Gasteiger partial charge in [-0.3, -0.25) is 9.50 Å². The Morgan fingerprint density at radius 1 is 0.568 bits per heavy atom. The van der Waals surface area contributed by atoms with Crippen LogP contribution >= 0.6 is 0 Å². The zero-order valence-electron chi connectivity index (χ0n) is 40.9. The van der Waals surface area contributed by atoms with Crippen molar-refractivity contribution in [3.8, 4) is 23.0 Å². The van der Waals surface area contributed by atoms with E-state index >= 15 is 0 Å². The minimum atomic E-state index is -3.66. The Balaban J connectivity index is 0.000000177. The molecule has 2 fully saturated rings. The Labute approximate surface area is 426 Å². The van der Waals surface area contributed by atoms with Crippen LogP contribution in [0.5, 0.6) is 23.0 Å². The topological polar surface area (TPSA) is 176 Å². The lowest BCUT2D eigenvalue weighted by Gasteiger charge is -2.36. The predicted octanol–water partition coefficient (Wildman–Crippen LogP) is 8.27. The molecule has 4 aliphatic rings. The molecule has 0 unspecified atom stereocenters. The first-order valence-corrected chi connectivity index (χ1v) is 24.7. The van der Waals surface area contributed by atoms with Crippen molar-refractivity contribution < 1.29 is 66.1 Å². The van der Waals surface area contributed by atoms with Crippen molar-refractivity contribution in [3.63, 3.8) is 0 Å². The zero-order valence-corrected chi connectivity index (χ0v) is 40.9. The third-order valence-corrected chi connectivity index (χ3v) is 13.5. The molecule has 0 spiro atoms. The number of amides is 1. The molecule has 0 aliphatic carbocycles. The Hall–Kier alpha value is -6.57. The van der Waals surface area contributed by atoms with Crippen LogP contribution < -0.4 is 30.0 Å². The molecule has 6 N–H and O–H groups in total. The molecule has 10 rings (SSSR count). The van der Waals surface area contributed by atoms with Crippen molar-refractivity contribution in [2.45, 2.75) is 74.7 Å². The number of carbonyl (C=O) groups excluding carboxylic acids is 1. The summed E-state index contributed by atoms with van der Waals surface area (Å²) in [5.41, 5.74) is 8.80. The number of carbonyl (C=O) groups is 2. The molecular formula is C56H63F5N4O9. The van der Waals surface area contributed by atoms with E-state index in [-0.39, 0.29) is 30.1 Å². The number of likely N-dealkylation sites (tertiary alicyclic amines) is 2. The monoisotopic (exact) mass is 1030 g/mol. The lowest BCUT2D eigenvalue weighted by atomic mass is 9.98. The fraction of sp³-hybridized carbons (Fsp3) is 0.393. The average Bonchev–Trinajstić information content (AvgIpc) is 3.38. The van der Waals surface area contributed by atoms with Crippen LogP contribution in [-0.2, 0) is 22.4 Å². The molecule has 74 heavy (non-hydrogen) atoms. The number of hydrogen-bond acceptors (Lipinski definition) is 11. The van der Waals surface area contributed by atoms with E-state index in [2.05, 4.69) is 10.2 Å². The Kier molecular flexibility index (Phi) is 18.7. The second kappa shape index (κ2) is 25.1. The number of aliphatic hydroxyl groups excluding tert-OH is 2. The summed E-state index contributed by atoms with van der Waals surface area (Å²) in [4.78, 5) is 27.3. The van der Waals surface area contributed by atoms with Gasteiger partial charge in [0.25, 0.3) is 5.91 Å². The van der Waals surface area contributed by atoms with Gasteiger partial charge in [0.1, 0.15) is 32.5 Å². The Morgan fingerprint density at radius 2 is 1.00 bits per heavy atom. The van der Waals surface area contributed by atoms with E-state index in [9.17, 15) is 37.4 Å². The summed E-state index contributed by atoms with van der Waals surface area (Å²) in [7, 11) is 0. The van der Waals surface area contributed by atoms with Crippen molar-refractivity contribution >= 4 is 33.4 Å². The van der Waals surface area contributed by atoms with Gasteiger partial charge in [0, 0.05) is 32.0 Å². The molecule has 4 heterocycles. The van der Waals surface area contributed by atoms with Gasteiger partial charge in [0.2, 0.25) is 0 Å². The second-order valence-electron chi connectivity index (χ2n) is 18.8. The second-order valence-corrected chi connectivity index (χ2v) is 18.8. The summed E-state index contributed by atoms with van der Waals surface area (Å²) in [6.45, 7) is 6.74. The van der Waals surface area contributed by atoms with E-state index in [1.165, 1.54) is 6.42 Å². The van der Waals surface area contributed by atoms with Crippen LogP contribution in [0, 0.1) is 0 Å². The maximum Gasteiger partial charge on any atom is 0.374 e. The fourth-order valence-electron chi connectivity index (χ4n) is 8.88. The SMILES string of the molecule is F.N[C@H](CN1CCC1)[C@H](O)c1ccc2c(c1)OCCO2.O=C(N[C@H](CN1CCC1)[C@H](O)c1ccc2c(c1)OCCO2)C(F)(F)CCc1ccc2ccccc2c1.O=C(O)C(F)(F)CCc1ccc2ccccc2c1. The highest BCUT2D eigenvalue weighted by molar-refractivity contribution is 5.85. The Bertz CT molecular complexity index is 2830. The molecule has 6 aromatic carbocycles. The number of halogens is 5. The third kappa shape index (κ3) is 14.4. The molecule has 0 radical (unpaired) electrons. The number of aryl methyl sites for hydroxylation is 2. The summed E-state index contributed by atoms with van der Waals surface area (Å²) in [6, 6.07) is 35.7. The number of hydrogen-bond donors (Lipinski definition) is 5. The number of aliphatic carboxylic acids is 1. The van der Waals surface area contributed by atoms with Crippen LogP contribution in [0.15, 0.2) is 121 Å². The highest BCUT2D eigenvalue weighted by atomic mass is 19.3. The van der Waals surface area contributed by atoms with Gasteiger partial charge in [0.05, 0.1) is 12.1 Å². The first kappa shape index (κ1) is 55.2. The van der Waals surface area contributed by atoms with E-state index in [1.807, 2.05) is 102 Å². The van der Waals surface area contributed by atoms with Crippen LogP contribution in [0.4, 0.5) is 22.3 Å². The van der Waals surface area contributed by atoms with Crippen molar-refractivity contribution in [1.29, 1.82) is 0 Å². The lowest BCUT2D eigenvalue weighted by molar-refractivity contribution is -0.165. The number of rotatable bonds is 17. The van der Waals surface area contributed by atoms with Crippen molar-refractivity contribution in [1.82, 2.24) is 15.1 Å². The molecular weight excluding hydrogens is 968 g/mol. The number of aliphatic hydroxyl groups is 2. The van der Waals surface area contributed by atoms with Gasteiger partial charge in [-0.15, -0.1) is 0 Å². The number of nitrogens with one attached hydrogen (secondary N) is 1. The maximum atomic E-state index is 15.0. The van der Waals surface area contributed by atoms with E-state index in [1.54, 1.807) is 24.3 Å². The molecule has 6 aromatic rings. The molecule has 396 valence electrons. The minimum Gasteiger partial charge on any atom is -0.486 e. The summed E-state index contributed by atoms with van der Waals surface area (Å²) in [6.07, 6.45) is -0.806. The van der Waals surface area contributed by atoms with Gasteiger partial charge < -0.3 is 55.1 Å². The molecule has 1 amide bonds. The highest BCUT2D eigenvalue weighted by Crippen LogP contribution is 2.36. The molecule has 4 atom stereocenters. The number of nitrogens with zero attached hydrogens (tertiary/aromatic N) is 2. The number of alkyl halides is 4. The van der Waals surface area contributed by atoms with Gasteiger partial charge >= 0.3 is 17.8 Å². The van der Waals surface area contributed by atoms with Gasteiger partial charge in [-0.1, -0.05) is 97.1 Å². The predicted molar refractivity (Wildman–Crippen MR) is 271 cm³/mol. The van der Waals surface area contributed by atoms with Gasteiger partial charge in [-0.2, -0.15) is 17.6 Å². The highest BCUT2D eigenvalue weighted by Gasteiger charge is 2.41. The Morgan fingerprint density at radius 3 is 1.46 bits per heavy atom. The molecule has 0 aromatic heterocycles. The minimum absolute atomic E-state index is 0.